The highest BCUT2D eigenvalue weighted by Gasteiger charge is 2.23. The molecule has 0 radical (unpaired) electrons. The first kappa shape index (κ1) is 21.2. The highest BCUT2D eigenvalue weighted by atomic mass is 35.5. The van der Waals surface area contributed by atoms with Gasteiger partial charge in [-0.05, 0) is 55.2 Å². The minimum atomic E-state index is 0.00601. The summed E-state index contributed by atoms with van der Waals surface area (Å²) in [5, 5.41) is 3.75. The first-order chi connectivity index (χ1) is 14.0. The summed E-state index contributed by atoms with van der Waals surface area (Å²) >= 11 is 5.88. The number of nitrogens with one attached hydrogen (secondary N) is 1. The summed E-state index contributed by atoms with van der Waals surface area (Å²) in [6, 6.07) is 15.1. The summed E-state index contributed by atoms with van der Waals surface area (Å²) in [4.78, 5) is 26.7. The molecule has 29 heavy (non-hydrogen) atoms. The third-order valence-electron chi connectivity index (χ3n) is 5.08. The molecular weight excluding hydrogens is 388 g/mol. The van der Waals surface area contributed by atoms with E-state index in [9.17, 15) is 9.59 Å². The van der Waals surface area contributed by atoms with E-state index >= 15 is 0 Å². The Kier molecular flexibility index (Phi) is 7.53. The maximum Gasteiger partial charge on any atom is 0.226 e. The monoisotopic (exact) mass is 414 g/mol. The fourth-order valence-corrected chi connectivity index (χ4v) is 3.62. The Morgan fingerprint density at radius 1 is 1.00 bits per heavy atom. The van der Waals surface area contributed by atoms with E-state index in [0.29, 0.717) is 37.6 Å². The van der Waals surface area contributed by atoms with E-state index < -0.39 is 0 Å². The lowest BCUT2D eigenvalue weighted by Crippen LogP contribution is -2.47. The molecule has 6 heteroatoms. The van der Waals surface area contributed by atoms with Gasteiger partial charge < -0.3 is 15.0 Å². The van der Waals surface area contributed by atoms with Gasteiger partial charge in [-0.1, -0.05) is 35.9 Å². The zero-order valence-corrected chi connectivity index (χ0v) is 17.5. The van der Waals surface area contributed by atoms with Crippen LogP contribution in [0.15, 0.2) is 48.5 Å². The Morgan fingerprint density at radius 3 is 2.21 bits per heavy atom. The molecule has 0 aromatic heterocycles. The molecule has 0 atom stereocenters. The molecule has 1 fully saturated rings. The van der Waals surface area contributed by atoms with Crippen LogP contribution in [0.4, 0.5) is 0 Å². The Balaban J connectivity index is 1.41. The van der Waals surface area contributed by atoms with Gasteiger partial charge in [0.15, 0.2) is 0 Å². The maximum absolute atomic E-state index is 12.6. The van der Waals surface area contributed by atoms with E-state index in [1.165, 1.54) is 0 Å². The van der Waals surface area contributed by atoms with E-state index in [1.54, 1.807) is 12.1 Å². The number of benzene rings is 2. The highest BCUT2D eigenvalue weighted by Crippen LogP contribution is 2.16. The van der Waals surface area contributed by atoms with Gasteiger partial charge in [-0.2, -0.15) is 0 Å². The van der Waals surface area contributed by atoms with Gasteiger partial charge in [0.25, 0.3) is 0 Å². The van der Waals surface area contributed by atoms with Crippen LogP contribution in [0, 0.1) is 0 Å². The summed E-state index contributed by atoms with van der Waals surface area (Å²) in [5.41, 5.74) is 1.92. The number of likely N-dealkylation sites (tertiary alicyclic amines) is 1. The molecular formula is C23H27ClN2O3. The van der Waals surface area contributed by atoms with Crippen LogP contribution in [0.1, 0.15) is 30.9 Å². The molecule has 0 unspecified atom stereocenters. The van der Waals surface area contributed by atoms with Gasteiger partial charge in [0, 0.05) is 24.2 Å². The number of hydrogen-bond donors (Lipinski definition) is 1. The van der Waals surface area contributed by atoms with Crippen molar-refractivity contribution in [2.45, 2.75) is 38.6 Å². The minimum absolute atomic E-state index is 0.00601. The van der Waals surface area contributed by atoms with Crippen molar-refractivity contribution in [1.82, 2.24) is 10.2 Å². The Morgan fingerprint density at radius 2 is 1.59 bits per heavy atom. The molecule has 1 saturated heterocycles. The van der Waals surface area contributed by atoms with Crippen molar-refractivity contribution in [2.75, 3.05) is 19.7 Å². The number of rotatable bonds is 7. The van der Waals surface area contributed by atoms with Crippen LogP contribution in [0.2, 0.25) is 5.02 Å². The van der Waals surface area contributed by atoms with Gasteiger partial charge in [-0.25, -0.2) is 0 Å². The average Bonchev–Trinajstić information content (AvgIpc) is 2.72. The zero-order chi connectivity index (χ0) is 20.6. The van der Waals surface area contributed by atoms with Crippen LogP contribution < -0.4 is 10.1 Å². The van der Waals surface area contributed by atoms with Crippen molar-refractivity contribution < 1.29 is 14.3 Å². The first-order valence-corrected chi connectivity index (χ1v) is 10.4. The quantitative estimate of drug-likeness (QED) is 0.752. The van der Waals surface area contributed by atoms with Crippen LogP contribution in [-0.2, 0) is 22.4 Å². The molecule has 0 spiro atoms. The molecule has 2 aromatic rings. The van der Waals surface area contributed by atoms with Crippen molar-refractivity contribution in [3.05, 3.63) is 64.7 Å². The number of ether oxygens (including phenoxy) is 1. The van der Waals surface area contributed by atoms with Crippen molar-refractivity contribution in [1.29, 1.82) is 0 Å². The van der Waals surface area contributed by atoms with Gasteiger partial charge in [0.05, 0.1) is 19.4 Å². The number of hydrogen-bond acceptors (Lipinski definition) is 3. The summed E-state index contributed by atoms with van der Waals surface area (Å²) in [6.07, 6.45) is 2.29. The molecule has 1 aliphatic heterocycles. The van der Waals surface area contributed by atoms with Crippen molar-refractivity contribution in [3.63, 3.8) is 0 Å². The topological polar surface area (TPSA) is 58.6 Å². The Hall–Kier alpha value is -2.53. The maximum atomic E-state index is 12.6. The van der Waals surface area contributed by atoms with Gasteiger partial charge in [0.2, 0.25) is 11.8 Å². The number of amides is 2. The average molecular weight is 415 g/mol. The molecule has 1 aliphatic rings. The largest absolute Gasteiger partial charge is 0.494 e. The molecule has 0 saturated carbocycles. The zero-order valence-electron chi connectivity index (χ0n) is 16.7. The molecule has 154 valence electrons. The van der Waals surface area contributed by atoms with E-state index in [0.717, 1.165) is 29.7 Å². The normalized spacial score (nSPS) is 14.5. The SMILES string of the molecule is CCOc1ccc(CC(=O)N2CCC(NC(=O)Cc3ccc(Cl)cc3)CC2)cc1. The van der Waals surface area contributed by atoms with Gasteiger partial charge in [-0.15, -0.1) is 0 Å². The lowest BCUT2D eigenvalue weighted by Gasteiger charge is -2.32. The van der Waals surface area contributed by atoms with Gasteiger partial charge >= 0.3 is 0 Å². The standard InChI is InChI=1S/C23H27ClN2O3/c1-2-29-21-9-5-18(6-10-21)16-23(28)26-13-11-20(12-14-26)25-22(27)15-17-3-7-19(24)8-4-17/h3-10,20H,2,11-16H2,1H3,(H,25,27). The second kappa shape index (κ2) is 10.3. The predicted octanol–water partition coefficient (Wildman–Crippen LogP) is 3.63. The fraction of sp³-hybridized carbons (Fsp3) is 0.391. The van der Waals surface area contributed by atoms with Gasteiger partial charge in [-0.3, -0.25) is 9.59 Å². The van der Waals surface area contributed by atoms with Crippen molar-refractivity contribution in [3.8, 4) is 5.75 Å². The van der Waals surface area contributed by atoms with E-state index in [-0.39, 0.29) is 17.9 Å². The van der Waals surface area contributed by atoms with E-state index in [4.69, 9.17) is 16.3 Å². The third kappa shape index (κ3) is 6.50. The second-order valence-corrected chi connectivity index (χ2v) is 7.72. The fourth-order valence-electron chi connectivity index (χ4n) is 3.50. The number of piperidine rings is 1. The lowest BCUT2D eigenvalue weighted by molar-refractivity contribution is -0.131. The molecule has 0 bridgehead atoms. The van der Waals surface area contributed by atoms with Crippen LogP contribution >= 0.6 is 11.6 Å². The predicted molar refractivity (Wildman–Crippen MR) is 114 cm³/mol. The molecule has 2 aromatic carbocycles. The minimum Gasteiger partial charge on any atom is -0.494 e. The molecule has 0 aliphatic carbocycles. The smallest absolute Gasteiger partial charge is 0.226 e. The lowest BCUT2D eigenvalue weighted by atomic mass is 10.0. The summed E-state index contributed by atoms with van der Waals surface area (Å²) in [5.74, 6) is 0.949. The number of carbonyl (C=O) groups excluding carboxylic acids is 2. The van der Waals surface area contributed by atoms with Gasteiger partial charge in [0.1, 0.15) is 5.75 Å². The highest BCUT2D eigenvalue weighted by molar-refractivity contribution is 6.30. The molecule has 3 rings (SSSR count). The van der Waals surface area contributed by atoms with Crippen LogP contribution in [-0.4, -0.2) is 42.5 Å². The van der Waals surface area contributed by atoms with Crippen LogP contribution in [0.3, 0.4) is 0 Å². The van der Waals surface area contributed by atoms with Crippen molar-refractivity contribution in [2.24, 2.45) is 0 Å². The molecule has 5 nitrogen and oxygen atoms in total. The first-order valence-electron chi connectivity index (χ1n) is 10.1. The number of carbonyl (C=O) groups is 2. The molecule has 1 N–H and O–H groups in total. The number of halogens is 1. The molecule has 1 heterocycles. The van der Waals surface area contributed by atoms with E-state index in [1.807, 2.05) is 48.2 Å². The summed E-state index contributed by atoms with van der Waals surface area (Å²) < 4.78 is 5.43. The van der Waals surface area contributed by atoms with E-state index in [2.05, 4.69) is 5.32 Å². The van der Waals surface area contributed by atoms with Crippen LogP contribution in [0.25, 0.3) is 0 Å². The Labute approximate surface area is 177 Å². The summed E-state index contributed by atoms with van der Waals surface area (Å²) in [6.45, 7) is 3.91. The second-order valence-electron chi connectivity index (χ2n) is 7.28. The van der Waals surface area contributed by atoms with Crippen molar-refractivity contribution >= 4 is 23.4 Å². The summed E-state index contributed by atoms with van der Waals surface area (Å²) in [7, 11) is 0. The van der Waals surface area contributed by atoms with Crippen LogP contribution in [0.5, 0.6) is 5.75 Å². The third-order valence-corrected chi connectivity index (χ3v) is 5.33. The number of nitrogens with zero attached hydrogens (tertiary/aromatic N) is 1. The molecule has 2 amide bonds. The Bertz CT molecular complexity index is 813.